The largest absolute Gasteiger partial charge is 0.480 e. The number of rotatable bonds is 11. The van der Waals surface area contributed by atoms with Crippen molar-refractivity contribution in [2.24, 2.45) is 5.73 Å². The Morgan fingerprint density at radius 3 is 2.04 bits per heavy atom. The Labute approximate surface area is 258 Å². The molecule has 4 aromatic carbocycles. The highest BCUT2D eigenvalue weighted by molar-refractivity contribution is 7.86. The van der Waals surface area contributed by atoms with Crippen LogP contribution in [0.4, 0.5) is 5.69 Å². The Balaban J connectivity index is 1.70. The van der Waals surface area contributed by atoms with E-state index in [2.05, 4.69) is 14.8 Å². The van der Waals surface area contributed by atoms with Crippen molar-refractivity contribution in [2.75, 3.05) is 11.6 Å². The highest BCUT2D eigenvalue weighted by Crippen LogP contribution is 2.30. The van der Waals surface area contributed by atoms with Crippen LogP contribution in [-0.4, -0.2) is 55.4 Å². The number of nitrogens with one attached hydrogen (secondary N) is 3. The first-order valence-electron chi connectivity index (χ1n) is 13.3. The fourth-order valence-electron chi connectivity index (χ4n) is 4.41. The van der Waals surface area contributed by atoms with Crippen LogP contribution in [0.3, 0.4) is 0 Å². The lowest BCUT2D eigenvalue weighted by molar-refractivity contribution is -0.139. The number of carbonyl (C=O) groups excluding carboxylic acids is 3. The summed E-state index contributed by atoms with van der Waals surface area (Å²) >= 11 is 0. The molecule has 0 radical (unpaired) electrons. The highest BCUT2D eigenvalue weighted by atomic mass is 32.2. The second kappa shape index (κ2) is 13.7. The van der Waals surface area contributed by atoms with Crippen molar-refractivity contribution in [3.8, 4) is 11.1 Å². The van der Waals surface area contributed by atoms with Crippen LogP contribution in [0.2, 0.25) is 0 Å². The second-order valence-corrected chi connectivity index (χ2v) is 11.5. The molecule has 4 aromatic rings. The number of benzene rings is 4. The molecule has 0 fully saturated rings. The zero-order valence-corrected chi connectivity index (χ0v) is 24.6. The lowest BCUT2D eigenvalue weighted by atomic mass is 9.93. The van der Waals surface area contributed by atoms with Gasteiger partial charge >= 0.3 is 22.1 Å². The third-order valence-corrected chi connectivity index (χ3v) is 6.98. The number of nitrogen functional groups attached to an aromatic ring is 1. The molecule has 0 bridgehead atoms. The van der Waals surface area contributed by atoms with Gasteiger partial charge in [-0.05, 0) is 59.2 Å². The van der Waals surface area contributed by atoms with Gasteiger partial charge in [-0.15, -0.1) is 0 Å². The fourth-order valence-corrected chi connectivity index (χ4v) is 4.78. The molecule has 45 heavy (non-hydrogen) atoms. The first-order valence-corrected chi connectivity index (χ1v) is 15.1. The van der Waals surface area contributed by atoms with Crippen molar-refractivity contribution in [3.63, 3.8) is 0 Å². The number of amidine groups is 1. The maximum atomic E-state index is 13.3. The number of amides is 2. The van der Waals surface area contributed by atoms with E-state index in [1.54, 1.807) is 66.7 Å². The van der Waals surface area contributed by atoms with Crippen molar-refractivity contribution in [1.82, 2.24) is 5.32 Å². The predicted molar refractivity (Wildman–Crippen MR) is 167 cm³/mol. The Hall–Kier alpha value is -5.82. The summed E-state index contributed by atoms with van der Waals surface area (Å²) < 4.78 is 28.3. The van der Waals surface area contributed by atoms with Crippen LogP contribution in [0, 0.1) is 5.41 Å². The van der Waals surface area contributed by atoms with Gasteiger partial charge in [0.15, 0.2) is 0 Å². The van der Waals surface area contributed by atoms with E-state index in [1.807, 2.05) is 0 Å². The lowest BCUT2D eigenvalue weighted by Crippen LogP contribution is -2.42. The number of hydrogen-bond donors (Lipinski definition) is 5. The van der Waals surface area contributed by atoms with E-state index < -0.39 is 39.9 Å². The molecule has 6 N–H and O–H groups in total. The third kappa shape index (κ3) is 8.39. The van der Waals surface area contributed by atoms with Crippen LogP contribution >= 0.6 is 0 Å². The summed E-state index contributed by atoms with van der Waals surface area (Å²) in [5.74, 6) is -4.14. The molecular weight excluding hydrogens is 600 g/mol. The molecule has 1 atom stereocenters. The average Bonchev–Trinajstić information content (AvgIpc) is 3.00. The van der Waals surface area contributed by atoms with Gasteiger partial charge in [-0.2, -0.15) is 8.42 Å². The van der Waals surface area contributed by atoms with Crippen LogP contribution in [0.15, 0.2) is 97.1 Å². The molecule has 0 aromatic heterocycles. The van der Waals surface area contributed by atoms with Crippen LogP contribution < -0.4 is 16.4 Å². The van der Waals surface area contributed by atoms with Gasteiger partial charge in [-0.25, -0.2) is 9.59 Å². The van der Waals surface area contributed by atoms with E-state index in [0.717, 1.165) is 6.07 Å². The minimum atomic E-state index is -4.28. The zero-order valence-electron chi connectivity index (χ0n) is 23.8. The molecule has 0 aliphatic carbocycles. The van der Waals surface area contributed by atoms with Gasteiger partial charge in [0.1, 0.15) is 11.9 Å². The normalized spacial score (nSPS) is 11.6. The predicted octanol–water partition coefficient (Wildman–Crippen LogP) is 3.43. The van der Waals surface area contributed by atoms with Crippen molar-refractivity contribution in [1.29, 1.82) is 5.41 Å². The summed E-state index contributed by atoms with van der Waals surface area (Å²) in [5, 5.41) is 22.4. The summed E-state index contributed by atoms with van der Waals surface area (Å²) in [6.45, 7) is 0. The number of carbonyl (C=O) groups is 4. The lowest BCUT2D eigenvalue weighted by Gasteiger charge is -2.17. The minimum Gasteiger partial charge on any atom is -0.480 e. The van der Waals surface area contributed by atoms with Crippen molar-refractivity contribution in [3.05, 3.63) is 125 Å². The van der Waals surface area contributed by atoms with Gasteiger partial charge in [0.25, 0.3) is 11.8 Å². The number of nitrogens with two attached hydrogens (primary N) is 1. The molecule has 230 valence electrons. The topological polar surface area (TPSA) is 206 Å². The quantitative estimate of drug-likeness (QED) is 0.0936. The van der Waals surface area contributed by atoms with Gasteiger partial charge in [-0.1, -0.05) is 54.6 Å². The fraction of sp³-hybridized carbons (Fsp3) is 0.0938. The molecule has 0 spiro atoms. The Kier molecular flexibility index (Phi) is 9.74. The van der Waals surface area contributed by atoms with Crippen molar-refractivity contribution in [2.45, 2.75) is 12.5 Å². The Morgan fingerprint density at radius 1 is 0.822 bits per heavy atom. The zero-order chi connectivity index (χ0) is 32.7. The van der Waals surface area contributed by atoms with Gasteiger partial charge in [0, 0.05) is 28.8 Å². The molecule has 13 heteroatoms. The van der Waals surface area contributed by atoms with Crippen LogP contribution in [0.5, 0.6) is 0 Å². The van der Waals surface area contributed by atoms with E-state index in [-0.39, 0.29) is 40.1 Å². The van der Waals surface area contributed by atoms with Gasteiger partial charge in [0.2, 0.25) is 0 Å². The molecule has 0 heterocycles. The van der Waals surface area contributed by atoms with E-state index in [9.17, 15) is 32.7 Å². The van der Waals surface area contributed by atoms with Crippen LogP contribution in [-0.2, 0) is 25.5 Å². The number of carboxylic acid groups (broad SMARTS) is 1. The third-order valence-electron chi connectivity index (χ3n) is 6.53. The summed E-state index contributed by atoms with van der Waals surface area (Å²) in [6.07, 6.45) is 0.671. The Bertz CT molecular complexity index is 1890. The van der Waals surface area contributed by atoms with Crippen LogP contribution in [0.1, 0.15) is 42.2 Å². The summed E-state index contributed by atoms with van der Waals surface area (Å²) in [6, 6.07) is 23.5. The van der Waals surface area contributed by atoms with Gasteiger partial charge in [0.05, 0.1) is 11.8 Å². The maximum Gasteiger partial charge on any atom is 0.354 e. The summed E-state index contributed by atoms with van der Waals surface area (Å²) in [4.78, 5) is 51.5. The maximum absolute atomic E-state index is 13.3. The van der Waals surface area contributed by atoms with E-state index in [0.29, 0.717) is 23.1 Å². The van der Waals surface area contributed by atoms with Crippen LogP contribution in [0.25, 0.3) is 11.1 Å². The number of hydrogen-bond acceptors (Lipinski definition) is 8. The van der Waals surface area contributed by atoms with E-state index in [4.69, 9.17) is 11.1 Å². The first-order chi connectivity index (χ1) is 21.3. The standard InChI is InChI=1S/C32H28N4O8S/c1-45(42,43)44-32(41)26-18-21(29(37)36-27(31(39)40)17-19-7-3-2-4-8-19)13-16-24(26)23-9-5-6-10-25(23)30(38)35-22-14-11-20(12-15-22)28(33)34/h2-16,18,27H,17H2,1H3,(H3,33,34)(H,35,38)(H,36,37)(H,39,40). The molecule has 0 aliphatic heterocycles. The van der Waals surface area contributed by atoms with Gasteiger partial charge in [-0.3, -0.25) is 15.0 Å². The van der Waals surface area contributed by atoms with Gasteiger partial charge < -0.3 is 25.7 Å². The molecular formula is C32H28N4O8S. The molecule has 0 saturated carbocycles. The monoisotopic (exact) mass is 628 g/mol. The van der Waals surface area contributed by atoms with Crippen molar-refractivity contribution >= 4 is 45.4 Å². The minimum absolute atomic E-state index is 0.0110. The SMILES string of the molecule is CS(=O)(=O)OC(=O)c1cc(C(=O)NC(Cc2ccccc2)C(=O)O)ccc1-c1ccccc1C(=O)Nc1ccc(C(=N)N)cc1. The molecule has 12 nitrogen and oxygen atoms in total. The first kappa shape index (κ1) is 32.1. The highest BCUT2D eigenvalue weighted by Gasteiger charge is 2.26. The summed E-state index contributed by atoms with van der Waals surface area (Å²) in [7, 11) is -4.28. The second-order valence-electron chi connectivity index (χ2n) is 9.88. The average molecular weight is 629 g/mol. The summed E-state index contributed by atoms with van der Waals surface area (Å²) in [5.41, 5.74) is 6.91. The van der Waals surface area contributed by atoms with Crippen molar-refractivity contribution < 1.29 is 36.9 Å². The number of anilines is 1. The molecule has 1 unspecified atom stereocenters. The number of aliphatic carboxylic acids is 1. The molecule has 0 saturated heterocycles. The number of carboxylic acids is 1. The smallest absolute Gasteiger partial charge is 0.354 e. The van der Waals surface area contributed by atoms with E-state index >= 15 is 0 Å². The Morgan fingerprint density at radius 2 is 1.42 bits per heavy atom. The van der Waals surface area contributed by atoms with E-state index in [1.165, 1.54) is 24.3 Å². The molecule has 0 aliphatic rings. The molecule has 2 amide bonds. The molecule has 4 rings (SSSR count).